The SMILES string of the molecule is CCC(CCOC)C(C)n1nc(C#N)c2c(=O)[nH]c(C3CCC3n3cccn3)nc21. The van der Waals surface area contributed by atoms with Gasteiger partial charge in [0.2, 0.25) is 0 Å². The Morgan fingerprint density at radius 2 is 2.27 bits per heavy atom. The van der Waals surface area contributed by atoms with Gasteiger partial charge in [-0.1, -0.05) is 13.3 Å². The van der Waals surface area contributed by atoms with Gasteiger partial charge in [-0.15, -0.1) is 0 Å². The Morgan fingerprint density at radius 1 is 1.43 bits per heavy atom. The highest BCUT2D eigenvalue weighted by molar-refractivity contribution is 5.80. The molecule has 4 rings (SSSR count). The smallest absolute Gasteiger partial charge is 0.263 e. The van der Waals surface area contributed by atoms with Crippen LogP contribution in [0.25, 0.3) is 11.0 Å². The average molecular weight is 409 g/mol. The van der Waals surface area contributed by atoms with Gasteiger partial charge < -0.3 is 9.72 Å². The Hall–Kier alpha value is -2.99. The fourth-order valence-electron chi connectivity index (χ4n) is 4.45. The molecule has 4 unspecified atom stereocenters. The predicted molar refractivity (Wildman–Crippen MR) is 111 cm³/mol. The molecule has 3 aromatic rings. The minimum atomic E-state index is -0.305. The normalized spacial score (nSPS) is 20.6. The Bertz CT molecular complexity index is 1110. The zero-order valence-electron chi connectivity index (χ0n) is 17.6. The molecule has 0 radical (unpaired) electrons. The summed E-state index contributed by atoms with van der Waals surface area (Å²) in [7, 11) is 1.69. The van der Waals surface area contributed by atoms with E-state index in [-0.39, 0.29) is 34.6 Å². The van der Waals surface area contributed by atoms with Gasteiger partial charge in [0, 0.05) is 32.0 Å². The number of hydrogen-bond donors (Lipinski definition) is 1. The Labute approximate surface area is 174 Å². The number of rotatable bonds is 8. The summed E-state index contributed by atoms with van der Waals surface area (Å²) in [5.41, 5.74) is 0.303. The molecule has 3 aromatic heterocycles. The monoisotopic (exact) mass is 409 g/mol. The van der Waals surface area contributed by atoms with E-state index in [1.54, 1.807) is 18.0 Å². The van der Waals surface area contributed by atoms with E-state index in [1.807, 2.05) is 16.9 Å². The van der Waals surface area contributed by atoms with Gasteiger partial charge in [0.15, 0.2) is 11.3 Å². The van der Waals surface area contributed by atoms with E-state index >= 15 is 0 Å². The van der Waals surface area contributed by atoms with Gasteiger partial charge in [0.25, 0.3) is 5.56 Å². The highest BCUT2D eigenvalue weighted by Crippen LogP contribution is 2.44. The molecule has 0 aliphatic heterocycles. The standard InChI is InChI=1S/C21H27N7O2/c1-4-14(8-11-30-3)13(2)28-20-18(16(12-22)26-28)21(29)25-19(24-20)15-6-7-17(15)27-10-5-9-23-27/h5,9-10,13-15,17H,4,6-8,11H2,1-3H3,(H,24,25,29). The number of nitrogens with one attached hydrogen (secondary N) is 1. The maximum absolute atomic E-state index is 12.9. The maximum atomic E-state index is 12.9. The van der Waals surface area contributed by atoms with Crippen molar-refractivity contribution in [2.75, 3.05) is 13.7 Å². The molecule has 0 amide bonds. The van der Waals surface area contributed by atoms with Crippen molar-refractivity contribution >= 4 is 11.0 Å². The first kappa shape index (κ1) is 20.3. The van der Waals surface area contributed by atoms with Crippen LogP contribution in [0, 0.1) is 17.2 Å². The second-order valence-corrected chi connectivity index (χ2v) is 7.98. The zero-order chi connectivity index (χ0) is 21.3. The van der Waals surface area contributed by atoms with Gasteiger partial charge in [0.05, 0.1) is 12.1 Å². The van der Waals surface area contributed by atoms with Crippen molar-refractivity contribution < 1.29 is 4.74 Å². The van der Waals surface area contributed by atoms with Gasteiger partial charge >= 0.3 is 0 Å². The van der Waals surface area contributed by atoms with Crippen LogP contribution in [0.3, 0.4) is 0 Å². The number of hydrogen-bond acceptors (Lipinski definition) is 6. The lowest BCUT2D eigenvalue weighted by Crippen LogP contribution is -2.31. The van der Waals surface area contributed by atoms with Gasteiger partial charge in [-0.2, -0.15) is 15.5 Å². The van der Waals surface area contributed by atoms with E-state index in [4.69, 9.17) is 9.72 Å². The highest BCUT2D eigenvalue weighted by atomic mass is 16.5. The van der Waals surface area contributed by atoms with Crippen molar-refractivity contribution in [2.45, 2.75) is 57.5 Å². The summed E-state index contributed by atoms with van der Waals surface area (Å²) in [6.45, 7) is 4.85. The van der Waals surface area contributed by atoms with E-state index < -0.39 is 0 Å². The van der Waals surface area contributed by atoms with Crippen molar-refractivity contribution in [3.05, 3.63) is 40.3 Å². The Morgan fingerprint density at radius 3 is 2.87 bits per heavy atom. The van der Waals surface area contributed by atoms with Crippen LogP contribution in [-0.2, 0) is 4.74 Å². The van der Waals surface area contributed by atoms with Crippen LogP contribution in [0.2, 0.25) is 0 Å². The second-order valence-electron chi connectivity index (χ2n) is 7.98. The number of methoxy groups -OCH3 is 1. The molecular formula is C21H27N7O2. The molecule has 30 heavy (non-hydrogen) atoms. The molecular weight excluding hydrogens is 382 g/mol. The third-order valence-corrected chi connectivity index (χ3v) is 6.42. The average Bonchev–Trinajstić information content (AvgIpc) is 3.35. The second kappa shape index (κ2) is 8.40. The number of ether oxygens (including phenoxy) is 1. The molecule has 158 valence electrons. The Kier molecular flexibility index (Phi) is 5.68. The number of nitriles is 1. The Balaban J connectivity index is 1.77. The van der Waals surface area contributed by atoms with Crippen molar-refractivity contribution in [1.29, 1.82) is 5.26 Å². The summed E-state index contributed by atoms with van der Waals surface area (Å²) < 4.78 is 8.94. The third-order valence-electron chi connectivity index (χ3n) is 6.42. The number of fused-ring (bicyclic) bond motifs is 1. The quantitative estimate of drug-likeness (QED) is 0.612. The first-order chi connectivity index (χ1) is 14.6. The van der Waals surface area contributed by atoms with Crippen molar-refractivity contribution in [3.8, 4) is 6.07 Å². The number of nitrogens with zero attached hydrogens (tertiary/aromatic N) is 6. The summed E-state index contributed by atoms with van der Waals surface area (Å²) in [4.78, 5) is 20.7. The van der Waals surface area contributed by atoms with Gasteiger partial charge in [0.1, 0.15) is 17.3 Å². The first-order valence-electron chi connectivity index (χ1n) is 10.5. The fraction of sp³-hybridized carbons (Fsp3) is 0.571. The molecule has 0 aromatic carbocycles. The van der Waals surface area contributed by atoms with Gasteiger partial charge in [-0.05, 0) is 38.2 Å². The lowest BCUT2D eigenvalue weighted by molar-refractivity contribution is 0.160. The number of aromatic nitrogens is 6. The molecule has 9 nitrogen and oxygen atoms in total. The highest BCUT2D eigenvalue weighted by Gasteiger charge is 2.36. The first-order valence-corrected chi connectivity index (χ1v) is 10.5. The van der Waals surface area contributed by atoms with Crippen LogP contribution in [0.15, 0.2) is 23.3 Å². The molecule has 1 aliphatic carbocycles. The fourth-order valence-corrected chi connectivity index (χ4v) is 4.45. The minimum Gasteiger partial charge on any atom is -0.385 e. The number of aromatic amines is 1. The largest absolute Gasteiger partial charge is 0.385 e. The molecule has 3 heterocycles. The van der Waals surface area contributed by atoms with Crippen molar-refractivity contribution in [2.24, 2.45) is 5.92 Å². The molecule has 0 saturated heterocycles. The predicted octanol–water partition coefficient (Wildman–Crippen LogP) is 2.93. The lowest BCUT2D eigenvalue weighted by Gasteiger charge is -2.35. The number of H-pyrrole nitrogens is 1. The summed E-state index contributed by atoms with van der Waals surface area (Å²) in [6.07, 6.45) is 7.43. The van der Waals surface area contributed by atoms with Gasteiger partial charge in [-0.25, -0.2) is 9.67 Å². The molecule has 9 heteroatoms. The van der Waals surface area contributed by atoms with Crippen LogP contribution in [0.4, 0.5) is 0 Å². The van der Waals surface area contributed by atoms with Crippen LogP contribution in [0.5, 0.6) is 0 Å². The molecule has 0 spiro atoms. The van der Waals surface area contributed by atoms with Crippen LogP contribution >= 0.6 is 0 Å². The minimum absolute atomic E-state index is 0.0137. The van der Waals surface area contributed by atoms with Crippen molar-refractivity contribution in [3.63, 3.8) is 0 Å². The van der Waals surface area contributed by atoms with E-state index in [0.29, 0.717) is 24.0 Å². The molecule has 4 atom stereocenters. The van der Waals surface area contributed by atoms with E-state index in [1.165, 1.54) is 0 Å². The van der Waals surface area contributed by atoms with Crippen molar-refractivity contribution in [1.82, 2.24) is 29.5 Å². The maximum Gasteiger partial charge on any atom is 0.263 e. The summed E-state index contributed by atoms with van der Waals surface area (Å²) in [5, 5.41) is 18.6. The molecule has 1 saturated carbocycles. The summed E-state index contributed by atoms with van der Waals surface area (Å²) in [6, 6.07) is 4.12. The molecule has 1 N–H and O–H groups in total. The third kappa shape index (κ3) is 3.41. The molecule has 0 bridgehead atoms. The molecule has 1 aliphatic rings. The van der Waals surface area contributed by atoms with E-state index in [2.05, 4.69) is 35.1 Å². The molecule has 1 fully saturated rings. The topological polar surface area (TPSA) is 114 Å². The van der Waals surface area contributed by atoms with E-state index in [0.717, 1.165) is 25.7 Å². The van der Waals surface area contributed by atoms with Crippen LogP contribution in [-0.4, -0.2) is 43.2 Å². The van der Waals surface area contributed by atoms with Gasteiger partial charge in [-0.3, -0.25) is 9.48 Å². The zero-order valence-corrected chi connectivity index (χ0v) is 17.6. The van der Waals surface area contributed by atoms with Crippen LogP contribution in [0.1, 0.15) is 69.1 Å². The summed E-state index contributed by atoms with van der Waals surface area (Å²) >= 11 is 0. The summed E-state index contributed by atoms with van der Waals surface area (Å²) in [5.74, 6) is 1.02. The van der Waals surface area contributed by atoms with E-state index in [9.17, 15) is 10.1 Å². The lowest BCUT2D eigenvalue weighted by atomic mass is 9.79. The van der Waals surface area contributed by atoms with Crippen LogP contribution < -0.4 is 5.56 Å².